The van der Waals surface area contributed by atoms with E-state index in [2.05, 4.69) is 10.6 Å². The lowest BCUT2D eigenvalue weighted by Crippen LogP contribution is -2.46. The van der Waals surface area contributed by atoms with Crippen molar-refractivity contribution in [3.8, 4) is 0 Å². The molecule has 108 valence electrons. The number of carbonyl (C=O) groups excluding carboxylic acids is 4. The number of imide groups is 1. The van der Waals surface area contributed by atoms with E-state index in [4.69, 9.17) is 0 Å². The SMILES string of the molecule is CCC(=O)NC(CCCCNC(C)=O)C(=O)NC=O. The zero-order chi connectivity index (χ0) is 14.7. The van der Waals surface area contributed by atoms with Gasteiger partial charge in [-0.05, 0) is 19.3 Å². The highest BCUT2D eigenvalue weighted by molar-refractivity contribution is 5.92. The number of carbonyl (C=O) groups is 4. The molecule has 19 heavy (non-hydrogen) atoms. The number of hydrogen-bond acceptors (Lipinski definition) is 4. The van der Waals surface area contributed by atoms with Gasteiger partial charge in [0.05, 0.1) is 0 Å². The summed E-state index contributed by atoms with van der Waals surface area (Å²) in [7, 11) is 0. The smallest absolute Gasteiger partial charge is 0.248 e. The topological polar surface area (TPSA) is 104 Å². The first-order valence-corrected chi connectivity index (χ1v) is 6.29. The Morgan fingerprint density at radius 2 is 1.89 bits per heavy atom. The van der Waals surface area contributed by atoms with E-state index in [1.54, 1.807) is 6.92 Å². The number of hydrogen-bond donors (Lipinski definition) is 3. The molecule has 1 atom stereocenters. The third-order valence-corrected chi connectivity index (χ3v) is 2.47. The van der Waals surface area contributed by atoms with E-state index in [1.807, 2.05) is 5.32 Å². The van der Waals surface area contributed by atoms with Crippen molar-refractivity contribution in [2.75, 3.05) is 6.54 Å². The van der Waals surface area contributed by atoms with E-state index in [0.717, 1.165) is 0 Å². The van der Waals surface area contributed by atoms with Crippen LogP contribution in [0.5, 0.6) is 0 Å². The minimum Gasteiger partial charge on any atom is -0.356 e. The predicted molar refractivity (Wildman–Crippen MR) is 69.0 cm³/mol. The lowest BCUT2D eigenvalue weighted by atomic mass is 10.1. The Labute approximate surface area is 112 Å². The standard InChI is InChI=1S/C12H21N3O4/c1-3-11(18)15-10(12(19)14-8-16)6-4-5-7-13-9(2)17/h8,10H,3-7H2,1-2H3,(H,13,17)(H,15,18)(H,14,16,19). The zero-order valence-corrected chi connectivity index (χ0v) is 11.3. The molecule has 0 aromatic heterocycles. The molecule has 7 nitrogen and oxygen atoms in total. The molecular formula is C12H21N3O4. The van der Waals surface area contributed by atoms with Gasteiger partial charge in [0.2, 0.25) is 24.1 Å². The van der Waals surface area contributed by atoms with Gasteiger partial charge in [0.1, 0.15) is 6.04 Å². The van der Waals surface area contributed by atoms with Crippen molar-refractivity contribution in [2.45, 2.75) is 45.6 Å². The first-order valence-electron chi connectivity index (χ1n) is 6.29. The highest BCUT2D eigenvalue weighted by Gasteiger charge is 2.19. The van der Waals surface area contributed by atoms with Gasteiger partial charge in [-0.1, -0.05) is 6.92 Å². The van der Waals surface area contributed by atoms with E-state index in [-0.39, 0.29) is 18.2 Å². The van der Waals surface area contributed by atoms with E-state index >= 15 is 0 Å². The van der Waals surface area contributed by atoms with Crippen LogP contribution in [0.4, 0.5) is 0 Å². The van der Waals surface area contributed by atoms with E-state index < -0.39 is 11.9 Å². The number of rotatable bonds is 9. The van der Waals surface area contributed by atoms with Crippen LogP contribution in [0.25, 0.3) is 0 Å². The predicted octanol–water partition coefficient (Wildman–Crippen LogP) is -0.540. The third kappa shape index (κ3) is 8.76. The molecule has 0 heterocycles. The van der Waals surface area contributed by atoms with Crippen LogP contribution in [-0.4, -0.2) is 36.7 Å². The average molecular weight is 271 g/mol. The summed E-state index contributed by atoms with van der Waals surface area (Å²) in [5, 5.41) is 7.23. The van der Waals surface area contributed by atoms with Crippen molar-refractivity contribution >= 4 is 24.1 Å². The minimum absolute atomic E-state index is 0.102. The maximum atomic E-state index is 11.5. The van der Waals surface area contributed by atoms with Crippen molar-refractivity contribution in [1.82, 2.24) is 16.0 Å². The molecule has 0 aliphatic heterocycles. The summed E-state index contributed by atoms with van der Waals surface area (Å²) < 4.78 is 0. The van der Waals surface area contributed by atoms with Crippen molar-refractivity contribution < 1.29 is 19.2 Å². The van der Waals surface area contributed by atoms with Crippen LogP contribution in [0.2, 0.25) is 0 Å². The second-order valence-corrected chi connectivity index (χ2v) is 4.08. The number of unbranched alkanes of at least 4 members (excludes halogenated alkanes) is 1. The molecule has 0 aliphatic rings. The molecule has 1 unspecified atom stereocenters. The molecule has 7 heteroatoms. The Morgan fingerprint density at radius 1 is 1.21 bits per heavy atom. The molecule has 0 saturated heterocycles. The van der Waals surface area contributed by atoms with Gasteiger partial charge in [-0.15, -0.1) is 0 Å². The highest BCUT2D eigenvalue weighted by Crippen LogP contribution is 2.01. The van der Waals surface area contributed by atoms with Crippen LogP contribution < -0.4 is 16.0 Å². The number of nitrogens with one attached hydrogen (secondary N) is 3. The third-order valence-electron chi connectivity index (χ3n) is 2.47. The van der Waals surface area contributed by atoms with Crippen molar-refractivity contribution in [2.24, 2.45) is 0 Å². The van der Waals surface area contributed by atoms with Gasteiger partial charge in [0, 0.05) is 19.9 Å². The largest absolute Gasteiger partial charge is 0.356 e. The molecule has 3 N–H and O–H groups in total. The first-order chi connectivity index (χ1) is 9.01. The fourth-order valence-corrected chi connectivity index (χ4v) is 1.46. The normalized spacial score (nSPS) is 11.3. The van der Waals surface area contributed by atoms with Crippen LogP contribution in [0, 0.1) is 0 Å². The van der Waals surface area contributed by atoms with Crippen molar-refractivity contribution in [1.29, 1.82) is 0 Å². The molecule has 4 amide bonds. The molecule has 0 saturated carbocycles. The molecule has 0 aliphatic carbocycles. The van der Waals surface area contributed by atoms with Crippen LogP contribution in [-0.2, 0) is 19.2 Å². The van der Waals surface area contributed by atoms with Crippen LogP contribution in [0.15, 0.2) is 0 Å². The van der Waals surface area contributed by atoms with E-state index in [1.165, 1.54) is 6.92 Å². The quantitative estimate of drug-likeness (QED) is 0.387. The summed E-state index contributed by atoms with van der Waals surface area (Å²) in [5.41, 5.74) is 0. The average Bonchev–Trinajstić information content (AvgIpc) is 2.36. The molecule has 0 bridgehead atoms. The van der Waals surface area contributed by atoms with Gasteiger partial charge in [-0.25, -0.2) is 0 Å². The van der Waals surface area contributed by atoms with Gasteiger partial charge in [0.15, 0.2) is 0 Å². The molecule has 0 rings (SSSR count). The molecular weight excluding hydrogens is 250 g/mol. The van der Waals surface area contributed by atoms with Gasteiger partial charge < -0.3 is 10.6 Å². The molecule has 0 aromatic rings. The summed E-state index contributed by atoms with van der Waals surface area (Å²) in [6.07, 6.45) is 2.35. The molecule has 0 radical (unpaired) electrons. The molecule has 0 aromatic carbocycles. The van der Waals surface area contributed by atoms with E-state index in [0.29, 0.717) is 32.2 Å². The van der Waals surface area contributed by atoms with Crippen LogP contribution in [0.3, 0.4) is 0 Å². The summed E-state index contributed by atoms with van der Waals surface area (Å²) in [6.45, 7) is 3.64. The summed E-state index contributed by atoms with van der Waals surface area (Å²) in [5.74, 6) is -0.862. The monoisotopic (exact) mass is 271 g/mol. The Hall–Kier alpha value is -1.92. The minimum atomic E-state index is -0.713. The zero-order valence-electron chi connectivity index (χ0n) is 11.3. The molecule has 0 spiro atoms. The van der Waals surface area contributed by atoms with Crippen LogP contribution in [0.1, 0.15) is 39.5 Å². The van der Waals surface area contributed by atoms with Gasteiger partial charge in [-0.3, -0.25) is 24.5 Å². The van der Waals surface area contributed by atoms with E-state index in [9.17, 15) is 19.2 Å². The number of amides is 4. The van der Waals surface area contributed by atoms with Gasteiger partial charge in [-0.2, -0.15) is 0 Å². The Morgan fingerprint density at radius 3 is 2.42 bits per heavy atom. The second-order valence-electron chi connectivity index (χ2n) is 4.08. The van der Waals surface area contributed by atoms with Gasteiger partial charge in [0.25, 0.3) is 0 Å². The highest BCUT2D eigenvalue weighted by atomic mass is 16.2. The Bertz CT molecular complexity index is 331. The first kappa shape index (κ1) is 17.1. The fourth-order valence-electron chi connectivity index (χ4n) is 1.46. The summed E-state index contributed by atoms with van der Waals surface area (Å²) in [4.78, 5) is 43.7. The molecule has 0 fully saturated rings. The summed E-state index contributed by atoms with van der Waals surface area (Å²) in [6, 6.07) is -0.713. The lowest BCUT2D eigenvalue weighted by molar-refractivity contribution is -0.131. The second kappa shape index (κ2) is 10.0. The van der Waals surface area contributed by atoms with Crippen molar-refractivity contribution in [3.05, 3.63) is 0 Å². The maximum absolute atomic E-state index is 11.5. The Kier molecular flexibility index (Phi) is 9.03. The maximum Gasteiger partial charge on any atom is 0.248 e. The van der Waals surface area contributed by atoms with Crippen LogP contribution >= 0.6 is 0 Å². The fraction of sp³-hybridized carbons (Fsp3) is 0.667. The van der Waals surface area contributed by atoms with Gasteiger partial charge >= 0.3 is 0 Å². The summed E-state index contributed by atoms with van der Waals surface area (Å²) >= 11 is 0. The lowest BCUT2D eigenvalue weighted by Gasteiger charge is -2.16. The Balaban J connectivity index is 4.11. The van der Waals surface area contributed by atoms with Crippen molar-refractivity contribution in [3.63, 3.8) is 0 Å².